The first-order valence-electron chi connectivity index (χ1n) is 8.37. The maximum Gasteiger partial charge on any atom is 0.188 e. The first-order chi connectivity index (χ1) is 9.53. The molecule has 0 spiro atoms. The molecule has 4 nitrogen and oxygen atoms in total. The molecule has 1 atom stereocenters. The van der Waals surface area contributed by atoms with E-state index in [1.807, 2.05) is 4.90 Å². The van der Waals surface area contributed by atoms with Crippen LogP contribution in [-0.4, -0.2) is 47.5 Å². The first-order valence-corrected chi connectivity index (χ1v) is 8.37. The zero-order chi connectivity index (χ0) is 15.0. The van der Waals surface area contributed by atoms with E-state index in [-0.39, 0.29) is 5.96 Å². The van der Waals surface area contributed by atoms with Crippen molar-refractivity contribution in [2.24, 2.45) is 5.73 Å². The van der Waals surface area contributed by atoms with Gasteiger partial charge in [0, 0.05) is 31.7 Å². The summed E-state index contributed by atoms with van der Waals surface area (Å²) in [7, 11) is 0. The topological polar surface area (TPSA) is 56.4 Å². The van der Waals surface area contributed by atoms with Gasteiger partial charge in [-0.3, -0.25) is 10.3 Å². The van der Waals surface area contributed by atoms with Crippen LogP contribution in [0.25, 0.3) is 0 Å². The molecule has 1 fully saturated rings. The Labute approximate surface area is 125 Å². The summed E-state index contributed by atoms with van der Waals surface area (Å²) in [4.78, 5) is 4.64. The second-order valence-corrected chi connectivity index (χ2v) is 6.42. The third-order valence-electron chi connectivity index (χ3n) is 4.77. The summed E-state index contributed by atoms with van der Waals surface area (Å²) in [6, 6.07) is 0. The predicted octanol–water partition coefficient (Wildman–Crippen LogP) is 3.03. The average molecular weight is 282 g/mol. The van der Waals surface area contributed by atoms with E-state index >= 15 is 0 Å². The standard InChI is InChI=1S/C16H34N4/c1-4-6-8-10-16(3,9-7-5-2)20-13-11-19(12-14-20)15(17)18/h4-14H2,1-3H3,(H3,17,18). The molecule has 0 bridgehead atoms. The molecule has 0 aromatic carbocycles. The number of guanidine groups is 1. The summed E-state index contributed by atoms with van der Waals surface area (Å²) in [5.41, 5.74) is 5.93. The highest BCUT2D eigenvalue weighted by Gasteiger charge is 2.33. The van der Waals surface area contributed by atoms with Crippen LogP contribution in [0.1, 0.15) is 65.7 Å². The van der Waals surface area contributed by atoms with Gasteiger partial charge in [-0.1, -0.05) is 46.0 Å². The Hall–Kier alpha value is -0.770. The number of nitrogens with one attached hydrogen (secondary N) is 1. The highest BCUT2D eigenvalue weighted by atomic mass is 15.3. The van der Waals surface area contributed by atoms with E-state index in [4.69, 9.17) is 11.1 Å². The van der Waals surface area contributed by atoms with Gasteiger partial charge in [0.25, 0.3) is 0 Å². The molecule has 1 unspecified atom stereocenters. The van der Waals surface area contributed by atoms with Crippen LogP contribution in [-0.2, 0) is 0 Å². The van der Waals surface area contributed by atoms with Crippen molar-refractivity contribution in [2.45, 2.75) is 71.3 Å². The lowest BCUT2D eigenvalue weighted by atomic mass is 9.86. The van der Waals surface area contributed by atoms with Crippen molar-refractivity contribution in [2.75, 3.05) is 26.2 Å². The lowest BCUT2D eigenvalue weighted by molar-refractivity contribution is 0.0458. The van der Waals surface area contributed by atoms with Gasteiger partial charge in [-0.05, 0) is 19.8 Å². The third kappa shape index (κ3) is 4.97. The number of unbranched alkanes of at least 4 members (excludes halogenated alkanes) is 3. The normalized spacial score (nSPS) is 19.9. The van der Waals surface area contributed by atoms with E-state index in [0.29, 0.717) is 5.54 Å². The van der Waals surface area contributed by atoms with Crippen molar-refractivity contribution in [1.82, 2.24) is 9.80 Å². The summed E-state index contributed by atoms with van der Waals surface area (Å²) in [5.74, 6) is 0.228. The quantitative estimate of drug-likeness (QED) is 0.409. The van der Waals surface area contributed by atoms with Gasteiger partial charge in [-0.2, -0.15) is 0 Å². The molecule has 3 N–H and O–H groups in total. The minimum atomic E-state index is 0.228. The van der Waals surface area contributed by atoms with E-state index < -0.39 is 0 Å². The third-order valence-corrected chi connectivity index (χ3v) is 4.77. The van der Waals surface area contributed by atoms with E-state index in [0.717, 1.165) is 26.2 Å². The molecule has 4 heteroatoms. The second kappa shape index (κ2) is 8.50. The van der Waals surface area contributed by atoms with Crippen LogP contribution in [0.2, 0.25) is 0 Å². The molecule has 1 aliphatic heterocycles. The number of hydrogen-bond donors (Lipinski definition) is 2. The second-order valence-electron chi connectivity index (χ2n) is 6.42. The lowest BCUT2D eigenvalue weighted by Gasteiger charge is -2.46. The minimum absolute atomic E-state index is 0.228. The monoisotopic (exact) mass is 282 g/mol. The highest BCUT2D eigenvalue weighted by molar-refractivity contribution is 5.74. The minimum Gasteiger partial charge on any atom is -0.370 e. The lowest BCUT2D eigenvalue weighted by Crippen LogP contribution is -2.57. The van der Waals surface area contributed by atoms with Gasteiger partial charge in [-0.25, -0.2) is 0 Å². The van der Waals surface area contributed by atoms with E-state index in [1.165, 1.54) is 44.9 Å². The van der Waals surface area contributed by atoms with E-state index in [2.05, 4.69) is 25.7 Å². The number of nitrogens with two attached hydrogens (primary N) is 1. The Bertz CT molecular complexity index is 284. The Balaban J connectivity index is 2.56. The Morgan fingerprint density at radius 2 is 1.55 bits per heavy atom. The molecule has 0 amide bonds. The van der Waals surface area contributed by atoms with Gasteiger partial charge in [0.2, 0.25) is 0 Å². The van der Waals surface area contributed by atoms with Crippen LogP contribution in [0.4, 0.5) is 0 Å². The van der Waals surface area contributed by atoms with Crippen molar-refractivity contribution in [3.63, 3.8) is 0 Å². The van der Waals surface area contributed by atoms with Gasteiger partial charge < -0.3 is 10.6 Å². The zero-order valence-corrected chi connectivity index (χ0v) is 13.7. The Morgan fingerprint density at radius 3 is 2.05 bits per heavy atom. The molecule has 20 heavy (non-hydrogen) atoms. The Kier molecular flexibility index (Phi) is 7.35. The summed E-state index contributed by atoms with van der Waals surface area (Å²) in [6.07, 6.45) is 9.17. The molecule has 1 saturated heterocycles. The number of piperazine rings is 1. The summed E-state index contributed by atoms with van der Waals surface area (Å²) >= 11 is 0. The molecule has 0 saturated carbocycles. The van der Waals surface area contributed by atoms with E-state index in [1.54, 1.807) is 0 Å². The van der Waals surface area contributed by atoms with Crippen LogP contribution in [0.3, 0.4) is 0 Å². The summed E-state index contributed by atoms with van der Waals surface area (Å²) < 4.78 is 0. The fourth-order valence-electron chi connectivity index (χ4n) is 3.24. The van der Waals surface area contributed by atoms with Crippen molar-refractivity contribution < 1.29 is 0 Å². The van der Waals surface area contributed by atoms with Gasteiger partial charge in [0.15, 0.2) is 5.96 Å². The molecule has 1 aliphatic rings. The van der Waals surface area contributed by atoms with Crippen molar-refractivity contribution >= 4 is 5.96 Å². The molecule has 0 aliphatic carbocycles. The fourth-order valence-corrected chi connectivity index (χ4v) is 3.24. The molecule has 118 valence electrons. The van der Waals surface area contributed by atoms with Crippen molar-refractivity contribution in [3.05, 3.63) is 0 Å². The fraction of sp³-hybridized carbons (Fsp3) is 0.938. The van der Waals surface area contributed by atoms with Crippen LogP contribution in [0, 0.1) is 5.41 Å². The summed E-state index contributed by atoms with van der Waals surface area (Å²) in [5, 5.41) is 7.54. The van der Waals surface area contributed by atoms with Gasteiger partial charge in [0.1, 0.15) is 0 Å². The van der Waals surface area contributed by atoms with Gasteiger partial charge in [-0.15, -0.1) is 0 Å². The molecule has 0 aromatic rings. The van der Waals surface area contributed by atoms with Crippen molar-refractivity contribution in [3.8, 4) is 0 Å². The molecule has 1 rings (SSSR count). The first kappa shape index (κ1) is 17.3. The van der Waals surface area contributed by atoms with Crippen LogP contribution in [0.5, 0.6) is 0 Å². The van der Waals surface area contributed by atoms with Crippen LogP contribution in [0.15, 0.2) is 0 Å². The largest absolute Gasteiger partial charge is 0.370 e. The number of nitrogens with zero attached hydrogens (tertiary/aromatic N) is 2. The van der Waals surface area contributed by atoms with Gasteiger partial charge in [0.05, 0.1) is 0 Å². The number of hydrogen-bond acceptors (Lipinski definition) is 2. The smallest absolute Gasteiger partial charge is 0.188 e. The van der Waals surface area contributed by atoms with Crippen molar-refractivity contribution in [1.29, 1.82) is 5.41 Å². The highest BCUT2D eigenvalue weighted by Crippen LogP contribution is 2.29. The molecular formula is C16H34N4. The molecular weight excluding hydrogens is 248 g/mol. The SMILES string of the molecule is CCCCCC(C)(CCCC)N1CCN(C(=N)N)CC1. The Morgan fingerprint density at radius 1 is 1.00 bits per heavy atom. The van der Waals surface area contributed by atoms with E-state index in [9.17, 15) is 0 Å². The molecule has 1 heterocycles. The van der Waals surface area contributed by atoms with Crippen LogP contribution >= 0.6 is 0 Å². The van der Waals surface area contributed by atoms with Gasteiger partial charge >= 0.3 is 0 Å². The predicted molar refractivity (Wildman–Crippen MR) is 87.1 cm³/mol. The number of rotatable bonds is 8. The summed E-state index contributed by atoms with van der Waals surface area (Å²) in [6.45, 7) is 10.9. The maximum absolute atomic E-state index is 7.54. The van der Waals surface area contributed by atoms with Crippen LogP contribution < -0.4 is 5.73 Å². The zero-order valence-electron chi connectivity index (χ0n) is 13.7. The molecule has 0 aromatic heterocycles. The molecule has 0 radical (unpaired) electrons. The maximum atomic E-state index is 7.54. The average Bonchev–Trinajstić information content (AvgIpc) is 2.45.